The number of nitriles is 1. The van der Waals surface area contributed by atoms with E-state index in [1.54, 1.807) is 24.2 Å². The molecule has 0 bridgehead atoms. The largest absolute Gasteiger partial charge is 0.481 e. The van der Waals surface area contributed by atoms with Gasteiger partial charge in [-0.15, -0.1) is 0 Å². The molecule has 6 rings (SSSR count). The molecule has 0 aliphatic carbocycles. The van der Waals surface area contributed by atoms with E-state index in [2.05, 4.69) is 27.4 Å². The first-order valence-corrected chi connectivity index (χ1v) is 15.4. The molecule has 2 fully saturated rings. The highest BCUT2D eigenvalue weighted by molar-refractivity contribution is 6.35. The summed E-state index contributed by atoms with van der Waals surface area (Å²) in [4.78, 5) is 32.5. The van der Waals surface area contributed by atoms with Gasteiger partial charge in [0, 0.05) is 54.9 Å². The molecule has 0 radical (unpaired) electrons. The third kappa shape index (κ3) is 5.15. The van der Waals surface area contributed by atoms with Crippen molar-refractivity contribution < 1.29 is 13.9 Å². The van der Waals surface area contributed by atoms with Crippen LogP contribution in [0.2, 0.25) is 10.0 Å². The number of rotatable bonds is 7. The van der Waals surface area contributed by atoms with Gasteiger partial charge in [-0.1, -0.05) is 29.8 Å². The lowest BCUT2D eigenvalue weighted by Gasteiger charge is -2.43. The van der Waals surface area contributed by atoms with Crippen LogP contribution < -0.4 is 9.64 Å². The van der Waals surface area contributed by atoms with Gasteiger partial charge in [-0.25, -0.2) is 19.3 Å². The third-order valence-electron chi connectivity index (χ3n) is 9.11. The van der Waals surface area contributed by atoms with Crippen molar-refractivity contribution in [2.75, 3.05) is 45.7 Å². The van der Waals surface area contributed by atoms with Crippen molar-refractivity contribution in [3.05, 3.63) is 52.7 Å². The Balaban J connectivity index is 1.57. The Morgan fingerprint density at radius 1 is 1.24 bits per heavy atom. The highest BCUT2D eigenvalue weighted by Gasteiger charge is 2.36. The van der Waals surface area contributed by atoms with Crippen LogP contribution in [0.4, 0.5) is 10.2 Å². The predicted octanol–water partition coefficient (Wildman–Crippen LogP) is 5.79. The van der Waals surface area contributed by atoms with Crippen molar-refractivity contribution in [3.8, 4) is 23.1 Å². The quantitative estimate of drug-likeness (QED) is 0.232. The van der Waals surface area contributed by atoms with E-state index in [0.29, 0.717) is 76.9 Å². The first kappa shape index (κ1) is 31.0. The van der Waals surface area contributed by atoms with E-state index in [9.17, 15) is 10.1 Å². The summed E-state index contributed by atoms with van der Waals surface area (Å²) in [5.74, 6) is -0.0270. The topological polar surface area (TPSA) is 103 Å². The smallest absolute Gasteiger partial charge is 0.246 e. The molecule has 1 aromatic carbocycles. The maximum absolute atomic E-state index is 16.9. The first-order valence-electron chi connectivity index (χ1n) is 14.7. The molecule has 0 spiro atoms. The molecule has 3 aromatic heterocycles. The number of halogens is 3. The number of imidazole rings is 1. The Morgan fingerprint density at radius 2 is 2.00 bits per heavy atom. The lowest BCUT2D eigenvalue weighted by Crippen LogP contribution is -2.57. The number of anilines is 1. The fourth-order valence-corrected chi connectivity index (χ4v) is 6.95. The maximum Gasteiger partial charge on any atom is 0.246 e. The van der Waals surface area contributed by atoms with Gasteiger partial charge in [-0.3, -0.25) is 4.79 Å². The molecule has 2 aliphatic rings. The summed E-state index contributed by atoms with van der Waals surface area (Å²) < 4.78 is 24.5. The Hall–Kier alpha value is -3.98. The molecule has 0 saturated carbocycles. The van der Waals surface area contributed by atoms with Crippen LogP contribution in [0, 0.1) is 24.1 Å². The van der Waals surface area contributed by atoms with E-state index < -0.39 is 5.82 Å². The highest BCUT2D eigenvalue weighted by Crippen LogP contribution is 2.45. The van der Waals surface area contributed by atoms with Crippen molar-refractivity contribution in [1.29, 1.82) is 5.26 Å². The van der Waals surface area contributed by atoms with Crippen LogP contribution in [-0.4, -0.2) is 88.1 Å². The van der Waals surface area contributed by atoms with Crippen LogP contribution in [0.5, 0.6) is 5.88 Å². The number of piperidine rings is 1. The molecule has 5 heterocycles. The van der Waals surface area contributed by atoms with E-state index in [1.165, 1.54) is 19.4 Å². The van der Waals surface area contributed by atoms with Gasteiger partial charge < -0.3 is 24.0 Å². The second-order valence-corrected chi connectivity index (χ2v) is 12.6. The van der Waals surface area contributed by atoms with Crippen molar-refractivity contribution in [3.63, 3.8) is 0 Å². The zero-order valence-electron chi connectivity index (χ0n) is 25.5. The second kappa shape index (κ2) is 12.1. The van der Waals surface area contributed by atoms with E-state index in [0.717, 1.165) is 0 Å². The summed E-state index contributed by atoms with van der Waals surface area (Å²) >= 11 is 13.3. The van der Waals surface area contributed by atoms with Gasteiger partial charge in [0.2, 0.25) is 11.8 Å². The molecular formula is C32H33Cl2FN8O2. The van der Waals surface area contributed by atoms with Gasteiger partial charge in [0.05, 0.1) is 47.1 Å². The summed E-state index contributed by atoms with van der Waals surface area (Å²) in [7, 11) is 5.52. The number of hydrogen-bond donors (Lipinski definition) is 0. The van der Waals surface area contributed by atoms with E-state index in [-0.39, 0.29) is 46.4 Å². The number of carbonyl (C=O) groups excluding carboxylic acids is 1. The lowest BCUT2D eigenvalue weighted by atomic mass is 9.94. The fraction of sp³-hybridized carbons (Fsp3) is 0.406. The minimum absolute atomic E-state index is 0.104. The molecule has 2 saturated heterocycles. The molecule has 2 aliphatic heterocycles. The molecule has 1 amide bonds. The molecule has 4 aromatic rings. The molecule has 45 heavy (non-hydrogen) atoms. The Kier molecular flexibility index (Phi) is 8.33. The average molecular weight is 652 g/mol. The zero-order valence-corrected chi connectivity index (χ0v) is 27.0. The minimum Gasteiger partial charge on any atom is -0.481 e. The third-order valence-corrected chi connectivity index (χ3v) is 9.79. The molecule has 10 nitrogen and oxygen atoms in total. The lowest BCUT2D eigenvalue weighted by molar-refractivity contribution is -0.130. The van der Waals surface area contributed by atoms with Crippen LogP contribution in [0.1, 0.15) is 30.9 Å². The van der Waals surface area contributed by atoms with E-state index >= 15 is 4.39 Å². The number of amides is 1. The molecule has 0 unspecified atom stereocenters. The van der Waals surface area contributed by atoms with Gasteiger partial charge in [0.25, 0.3) is 0 Å². The number of benzene rings is 1. The number of aromatic nitrogens is 4. The number of likely N-dealkylation sites (tertiary alicyclic amines) is 1. The molecule has 13 heteroatoms. The van der Waals surface area contributed by atoms with Gasteiger partial charge in [0.15, 0.2) is 11.6 Å². The van der Waals surface area contributed by atoms with Crippen molar-refractivity contribution >= 4 is 56.9 Å². The highest BCUT2D eigenvalue weighted by atomic mass is 35.5. The zero-order chi connectivity index (χ0) is 32.2. The van der Waals surface area contributed by atoms with Crippen LogP contribution in [0.25, 0.3) is 33.1 Å². The summed E-state index contributed by atoms with van der Waals surface area (Å²) in [5.41, 5.74) is 2.53. The summed E-state index contributed by atoms with van der Waals surface area (Å²) in [6, 6.07) is 3.87. The summed E-state index contributed by atoms with van der Waals surface area (Å²) in [6.45, 7) is 7.27. The Bertz CT molecular complexity index is 1880. The fourth-order valence-electron chi connectivity index (χ4n) is 6.52. The number of ether oxygens (including phenoxy) is 1. The van der Waals surface area contributed by atoms with Crippen LogP contribution in [0.3, 0.4) is 0 Å². The van der Waals surface area contributed by atoms with E-state index in [1.807, 2.05) is 18.7 Å². The van der Waals surface area contributed by atoms with Crippen molar-refractivity contribution in [2.45, 2.75) is 44.3 Å². The number of likely N-dealkylation sites (N-methyl/N-ethyl adjacent to an activating group) is 1. The Labute approximate surface area is 270 Å². The Morgan fingerprint density at radius 3 is 2.67 bits per heavy atom. The summed E-state index contributed by atoms with van der Waals surface area (Å²) in [5, 5.41) is 10.6. The number of hydrogen-bond acceptors (Lipinski definition) is 8. The second-order valence-electron chi connectivity index (χ2n) is 11.8. The number of fused-ring (bicyclic) bond motifs is 3. The van der Waals surface area contributed by atoms with Gasteiger partial charge in [0.1, 0.15) is 11.0 Å². The molecule has 0 N–H and O–H groups in total. The van der Waals surface area contributed by atoms with Gasteiger partial charge in [-0.05, 0) is 51.6 Å². The summed E-state index contributed by atoms with van der Waals surface area (Å²) in [6.07, 6.45) is 5.84. The monoisotopic (exact) mass is 650 g/mol. The maximum atomic E-state index is 16.9. The van der Waals surface area contributed by atoms with E-state index in [4.69, 9.17) is 37.9 Å². The van der Waals surface area contributed by atoms with Crippen molar-refractivity contribution in [1.82, 2.24) is 29.3 Å². The standard InChI is InChI=1S/C32H33Cl2FN8O2/c1-6-24(44)42-10-8-19(11-18(42)7-9-36)43-16-38-29-30(43)21-12-22(33)26(25-17(2)23(34)13-37-32(25)45-5)27(35)28(21)39-31(29)41-14-20(15-41)40(3)4/h6,12-13,16,18-20H,1,7-8,10-11,14-15H2,2-5H3/t18-,19+/m1/s1. The van der Waals surface area contributed by atoms with Crippen LogP contribution in [0.15, 0.2) is 31.2 Å². The van der Waals surface area contributed by atoms with Crippen molar-refractivity contribution in [2.24, 2.45) is 0 Å². The first-order chi connectivity index (χ1) is 21.6. The van der Waals surface area contributed by atoms with Gasteiger partial charge in [-0.2, -0.15) is 5.26 Å². The van der Waals surface area contributed by atoms with Crippen LogP contribution in [-0.2, 0) is 4.79 Å². The number of pyridine rings is 2. The van der Waals surface area contributed by atoms with Gasteiger partial charge >= 0.3 is 0 Å². The SMILES string of the molecule is C=CC(=O)N1CC[C@H](n2cnc3c(N4CC(N(C)C)C4)nc4c(F)c(-c5c(OC)ncc(Cl)c5C)c(Cl)cc4c32)C[C@H]1CC#N. The average Bonchev–Trinajstić information content (AvgIpc) is 3.44. The number of carbonyl (C=O) groups is 1. The predicted molar refractivity (Wildman–Crippen MR) is 173 cm³/mol. The molecule has 234 valence electrons. The van der Waals surface area contributed by atoms with Crippen LogP contribution >= 0.6 is 23.2 Å². The minimum atomic E-state index is -0.614. The number of methoxy groups -OCH3 is 1. The normalized spacial score (nSPS) is 18.8. The molecular weight excluding hydrogens is 618 g/mol. The number of nitrogens with zero attached hydrogens (tertiary/aromatic N) is 8. The molecule has 2 atom stereocenters.